The number of hydrogen-bond acceptors (Lipinski definition) is 8. The Morgan fingerprint density at radius 1 is 1.00 bits per heavy atom. The van der Waals surface area contributed by atoms with Crippen LogP contribution in [0.15, 0.2) is 57.9 Å². The summed E-state index contributed by atoms with van der Waals surface area (Å²) in [5.41, 5.74) is -0.907. The van der Waals surface area contributed by atoms with Gasteiger partial charge in [-0.15, -0.1) is 0 Å². The summed E-state index contributed by atoms with van der Waals surface area (Å²) in [6.45, 7) is 8.72. The van der Waals surface area contributed by atoms with Crippen molar-refractivity contribution in [3.63, 3.8) is 0 Å². The zero-order valence-corrected chi connectivity index (χ0v) is 20.5. The van der Waals surface area contributed by atoms with E-state index in [2.05, 4.69) is 5.32 Å². The molecule has 1 amide bonds. The fourth-order valence-corrected chi connectivity index (χ4v) is 3.16. The highest BCUT2D eigenvalue weighted by molar-refractivity contribution is 5.85. The maximum Gasteiger partial charge on any atom is 0.408 e. The third-order valence-corrected chi connectivity index (χ3v) is 4.81. The standard InChI is InChI=1S/C26H29NO8/c1-15(2)22(27-25(30)35-26(3,4)5)24(29)33-16-11-12-17-20(13-16)32-14-21(23(17)28)34-19-10-8-7-9-18(19)31-6/h7-15,22H,1-6H3,(H,27,30). The van der Waals surface area contributed by atoms with Gasteiger partial charge in [-0.25, -0.2) is 9.59 Å². The first kappa shape index (κ1) is 25.6. The van der Waals surface area contributed by atoms with Gasteiger partial charge in [-0.05, 0) is 51.0 Å². The minimum Gasteiger partial charge on any atom is -0.493 e. The number of benzene rings is 2. The first-order valence-corrected chi connectivity index (χ1v) is 11.1. The van der Waals surface area contributed by atoms with E-state index >= 15 is 0 Å². The molecule has 35 heavy (non-hydrogen) atoms. The van der Waals surface area contributed by atoms with Crippen molar-refractivity contribution in [2.24, 2.45) is 5.92 Å². The van der Waals surface area contributed by atoms with Crippen molar-refractivity contribution in [3.8, 4) is 23.0 Å². The second kappa shape index (κ2) is 10.5. The molecule has 0 bridgehead atoms. The molecule has 9 nitrogen and oxygen atoms in total. The van der Waals surface area contributed by atoms with E-state index in [0.717, 1.165) is 0 Å². The summed E-state index contributed by atoms with van der Waals surface area (Å²) in [4.78, 5) is 37.8. The van der Waals surface area contributed by atoms with E-state index in [9.17, 15) is 14.4 Å². The van der Waals surface area contributed by atoms with Gasteiger partial charge in [0.15, 0.2) is 11.5 Å². The van der Waals surface area contributed by atoms with E-state index in [0.29, 0.717) is 11.5 Å². The van der Waals surface area contributed by atoms with Crippen LogP contribution < -0.4 is 25.0 Å². The molecule has 1 N–H and O–H groups in total. The summed E-state index contributed by atoms with van der Waals surface area (Å²) in [5.74, 6) is 0.0269. The van der Waals surface area contributed by atoms with Crippen molar-refractivity contribution in [2.75, 3.05) is 7.11 Å². The van der Waals surface area contributed by atoms with Gasteiger partial charge in [0, 0.05) is 6.07 Å². The minimum absolute atomic E-state index is 0.0202. The molecule has 0 saturated carbocycles. The smallest absolute Gasteiger partial charge is 0.408 e. The molecule has 186 valence electrons. The Kier molecular flexibility index (Phi) is 7.68. The van der Waals surface area contributed by atoms with Crippen molar-refractivity contribution >= 4 is 23.0 Å². The number of amides is 1. The predicted octanol–water partition coefficient (Wildman–Crippen LogP) is 5.05. The van der Waals surface area contributed by atoms with Crippen molar-refractivity contribution in [1.29, 1.82) is 0 Å². The first-order chi connectivity index (χ1) is 16.5. The molecule has 0 aliphatic heterocycles. The number of ether oxygens (including phenoxy) is 4. The largest absolute Gasteiger partial charge is 0.493 e. The van der Waals surface area contributed by atoms with Crippen LogP contribution >= 0.6 is 0 Å². The normalized spacial score (nSPS) is 12.2. The lowest BCUT2D eigenvalue weighted by Crippen LogP contribution is -2.48. The summed E-state index contributed by atoms with van der Waals surface area (Å²) in [5, 5.41) is 2.78. The summed E-state index contributed by atoms with van der Waals surface area (Å²) in [7, 11) is 1.50. The third-order valence-electron chi connectivity index (χ3n) is 4.81. The van der Waals surface area contributed by atoms with Crippen LogP contribution in [0.25, 0.3) is 11.0 Å². The molecule has 1 atom stereocenters. The van der Waals surface area contributed by atoms with Crippen LogP contribution in [0.1, 0.15) is 34.6 Å². The number of methoxy groups -OCH3 is 1. The highest BCUT2D eigenvalue weighted by Crippen LogP contribution is 2.30. The second-order valence-corrected chi connectivity index (χ2v) is 9.13. The van der Waals surface area contributed by atoms with Crippen molar-refractivity contribution in [2.45, 2.75) is 46.3 Å². The zero-order valence-electron chi connectivity index (χ0n) is 20.5. The fraction of sp³-hybridized carbons (Fsp3) is 0.346. The topological polar surface area (TPSA) is 113 Å². The summed E-state index contributed by atoms with van der Waals surface area (Å²) < 4.78 is 27.2. The van der Waals surface area contributed by atoms with Gasteiger partial charge in [-0.3, -0.25) is 4.79 Å². The Balaban J connectivity index is 1.79. The van der Waals surface area contributed by atoms with Gasteiger partial charge >= 0.3 is 12.1 Å². The van der Waals surface area contributed by atoms with E-state index in [-0.39, 0.29) is 28.4 Å². The molecule has 3 rings (SSSR count). The molecule has 1 unspecified atom stereocenters. The maximum atomic E-state index is 12.9. The predicted molar refractivity (Wildman–Crippen MR) is 129 cm³/mol. The molecular formula is C26H29NO8. The number of alkyl carbamates (subject to hydrolysis) is 1. The molecule has 0 spiro atoms. The Hall–Kier alpha value is -4.01. The van der Waals surface area contributed by atoms with Crippen LogP contribution in [0.2, 0.25) is 0 Å². The molecule has 0 aliphatic carbocycles. The quantitative estimate of drug-likeness (QED) is 0.367. The Bertz CT molecular complexity index is 1270. The van der Waals surface area contributed by atoms with Crippen LogP contribution in [0.4, 0.5) is 4.79 Å². The number of carbonyl (C=O) groups excluding carboxylic acids is 2. The molecule has 3 aromatic rings. The second-order valence-electron chi connectivity index (χ2n) is 9.13. The van der Waals surface area contributed by atoms with Crippen LogP contribution in [0.5, 0.6) is 23.0 Å². The molecule has 0 fully saturated rings. The van der Waals surface area contributed by atoms with Gasteiger partial charge in [0.25, 0.3) is 0 Å². The van der Waals surface area contributed by atoms with Gasteiger partial charge in [-0.2, -0.15) is 0 Å². The van der Waals surface area contributed by atoms with E-state index in [1.165, 1.54) is 31.6 Å². The van der Waals surface area contributed by atoms with E-state index < -0.39 is 29.1 Å². The zero-order chi connectivity index (χ0) is 25.8. The molecule has 1 heterocycles. The number of hydrogen-bond donors (Lipinski definition) is 1. The monoisotopic (exact) mass is 483 g/mol. The number of nitrogens with one attached hydrogen (secondary N) is 1. The summed E-state index contributed by atoms with van der Waals surface area (Å²) in [6, 6.07) is 10.3. The lowest BCUT2D eigenvalue weighted by molar-refractivity contribution is -0.137. The number of fused-ring (bicyclic) bond motifs is 1. The van der Waals surface area contributed by atoms with Gasteiger partial charge in [-0.1, -0.05) is 26.0 Å². The molecular weight excluding hydrogens is 454 g/mol. The van der Waals surface area contributed by atoms with Crippen molar-refractivity contribution in [1.82, 2.24) is 5.32 Å². The highest BCUT2D eigenvalue weighted by atomic mass is 16.6. The summed E-state index contributed by atoms with van der Waals surface area (Å²) >= 11 is 0. The highest BCUT2D eigenvalue weighted by Gasteiger charge is 2.28. The molecule has 1 aromatic heterocycles. The maximum absolute atomic E-state index is 12.9. The van der Waals surface area contributed by atoms with E-state index in [1.54, 1.807) is 58.9 Å². The van der Waals surface area contributed by atoms with Crippen LogP contribution in [-0.4, -0.2) is 30.8 Å². The van der Waals surface area contributed by atoms with Crippen molar-refractivity contribution in [3.05, 3.63) is 59.0 Å². The van der Waals surface area contributed by atoms with Gasteiger partial charge < -0.3 is 28.7 Å². The SMILES string of the molecule is COc1ccccc1Oc1coc2cc(OC(=O)C(NC(=O)OC(C)(C)C)C(C)C)ccc2c1=O. The van der Waals surface area contributed by atoms with Crippen LogP contribution in [-0.2, 0) is 9.53 Å². The van der Waals surface area contributed by atoms with Crippen LogP contribution in [0.3, 0.4) is 0 Å². The lowest BCUT2D eigenvalue weighted by atomic mass is 10.1. The fourth-order valence-electron chi connectivity index (χ4n) is 3.16. The van der Waals surface area contributed by atoms with Gasteiger partial charge in [0.1, 0.15) is 29.2 Å². The van der Waals surface area contributed by atoms with E-state index in [1.807, 2.05) is 0 Å². The number of para-hydroxylation sites is 2. The molecule has 9 heteroatoms. The number of carbonyl (C=O) groups is 2. The third kappa shape index (κ3) is 6.53. The lowest BCUT2D eigenvalue weighted by Gasteiger charge is -2.24. The Morgan fingerprint density at radius 2 is 1.69 bits per heavy atom. The van der Waals surface area contributed by atoms with Gasteiger partial charge in [0.05, 0.1) is 12.5 Å². The Morgan fingerprint density at radius 3 is 2.31 bits per heavy atom. The Labute approximate surface area is 202 Å². The molecule has 0 aliphatic rings. The first-order valence-electron chi connectivity index (χ1n) is 11.1. The van der Waals surface area contributed by atoms with Crippen molar-refractivity contribution < 1.29 is 33.0 Å². The molecule has 0 radical (unpaired) electrons. The van der Waals surface area contributed by atoms with Gasteiger partial charge in [0.2, 0.25) is 11.2 Å². The average Bonchev–Trinajstić information content (AvgIpc) is 2.78. The summed E-state index contributed by atoms with van der Waals surface area (Å²) in [6.07, 6.45) is 0.462. The number of esters is 1. The molecule has 0 saturated heterocycles. The number of rotatable bonds is 7. The minimum atomic E-state index is -0.941. The average molecular weight is 484 g/mol. The van der Waals surface area contributed by atoms with Crippen LogP contribution in [0, 0.1) is 5.92 Å². The molecule has 2 aromatic carbocycles. The van der Waals surface area contributed by atoms with E-state index in [4.69, 9.17) is 23.4 Å².